The van der Waals surface area contributed by atoms with E-state index >= 15 is 0 Å². The zero-order valence-corrected chi connectivity index (χ0v) is 16.1. The summed E-state index contributed by atoms with van der Waals surface area (Å²) >= 11 is 1.40. The summed E-state index contributed by atoms with van der Waals surface area (Å²) in [5.74, 6) is 1.22. The lowest BCUT2D eigenvalue weighted by Crippen LogP contribution is -2.31. The molecule has 1 aliphatic rings. The first kappa shape index (κ1) is 17.5. The average Bonchev–Trinajstić information content (AvgIpc) is 3.26. The summed E-state index contributed by atoms with van der Waals surface area (Å²) in [6, 6.07) is 4.98. The van der Waals surface area contributed by atoms with Crippen molar-refractivity contribution in [2.45, 2.75) is 12.5 Å². The van der Waals surface area contributed by atoms with Gasteiger partial charge >= 0.3 is 0 Å². The highest BCUT2D eigenvalue weighted by atomic mass is 32.1. The van der Waals surface area contributed by atoms with Gasteiger partial charge in [0, 0.05) is 36.2 Å². The number of likely N-dealkylation sites (tertiary alicyclic amines) is 1. The SMILES string of the molecule is COc1ccc(-c2csc3ncn([C@H]4CCN(C)C4=O)c(=O)c23)c(OC)c1. The molecule has 0 spiro atoms. The first-order chi connectivity index (χ1) is 13.0. The minimum absolute atomic E-state index is 0.0583. The van der Waals surface area contributed by atoms with Crippen molar-refractivity contribution in [3.05, 3.63) is 40.3 Å². The number of carbonyl (C=O) groups excluding carboxylic acids is 1. The van der Waals surface area contributed by atoms with Gasteiger partial charge < -0.3 is 14.4 Å². The van der Waals surface area contributed by atoms with Crippen molar-refractivity contribution < 1.29 is 14.3 Å². The Balaban J connectivity index is 1.90. The van der Waals surface area contributed by atoms with Gasteiger partial charge in [-0.25, -0.2) is 4.98 Å². The van der Waals surface area contributed by atoms with E-state index in [1.165, 1.54) is 22.2 Å². The molecule has 0 N–H and O–H groups in total. The fourth-order valence-electron chi connectivity index (χ4n) is 3.45. The second-order valence-electron chi connectivity index (χ2n) is 6.42. The zero-order valence-electron chi connectivity index (χ0n) is 15.3. The first-order valence-corrected chi connectivity index (χ1v) is 9.38. The molecule has 1 aliphatic heterocycles. The van der Waals surface area contributed by atoms with Gasteiger partial charge in [-0.05, 0) is 18.6 Å². The van der Waals surface area contributed by atoms with Crippen LogP contribution in [0.3, 0.4) is 0 Å². The van der Waals surface area contributed by atoms with Crippen LogP contribution in [-0.2, 0) is 4.79 Å². The van der Waals surface area contributed by atoms with Crippen LogP contribution in [0, 0.1) is 0 Å². The highest BCUT2D eigenvalue weighted by Gasteiger charge is 2.32. The monoisotopic (exact) mass is 385 g/mol. The molecule has 0 radical (unpaired) electrons. The molecule has 0 unspecified atom stereocenters. The van der Waals surface area contributed by atoms with E-state index in [4.69, 9.17) is 9.47 Å². The van der Waals surface area contributed by atoms with Gasteiger partial charge in [-0.1, -0.05) is 0 Å². The number of thiophene rings is 1. The van der Waals surface area contributed by atoms with E-state index in [2.05, 4.69) is 4.98 Å². The standard InChI is InChI=1S/C19H19N3O4S/c1-21-7-6-14(18(21)23)22-10-20-17-16(19(22)24)13(9-27-17)12-5-4-11(25-2)8-15(12)26-3/h4-5,8-10,14H,6-7H2,1-3H3/t14-/m0/s1. The first-order valence-electron chi connectivity index (χ1n) is 8.51. The molecule has 4 rings (SSSR count). The van der Waals surface area contributed by atoms with Gasteiger partial charge in [-0.15, -0.1) is 11.3 Å². The predicted molar refractivity (Wildman–Crippen MR) is 104 cm³/mol. The van der Waals surface area contributed by atoms with Crippen molar-refractivity contribution in [3.8, 4) is 22.6 Å². The summed E-state index contributed by atoms with van der Waals surface area (Å²) in [4.78, 5) is 32.3. The molecule has 1 atom stereocenters. The maximum Gasteiger partial charge on any atom is 0.263 e. The topological polar surface area (TPSA) is 73.7 Å². The molecule has 8 heteroatoms. The third-order valence-corrected chi connectivity index (χ3v) is 5.84. The number of benzene rings is 1. The van der Waals surface area contributed by atoms with Crippen LogP contribution in [0.2, 0.25) is 0 Å². The molecule has 0 bridgehead atoms. The van der Waals surface area contributed by atoms with Crippen molar-refractivity contribution in [3.63, 3.8) is 0 Å². The van der Waals surface area contributed by atoms with E-state index in [1.807, 2.05) is 17.5 Å². The number of hydrogen-bond donors (Lipinski definition) is 0. The van der Waals surface area contributed by atoms with Crippen LogP contribution in [0.15, 0.2) is 34.7 Å². The van der Waals surface area contributed by atoms with Gasteiger partial charge in [0.2, 0.25) is 5.91 Å². The normalized spacial score (nSPS) is 16.9. The third-order valence-electron chi connectivity index (χ3n) is 4.95. The van der Waals surface area contributed by atoms with Gasteiger partial charge in [-0.2, -0.15) is 0 Å². The molecule has 27 heavy (non-hydrogen) atoms. The molecule has 1 aromatic carbocycles. The predicted octanol–water partition coefficient (Wildman–Crippen LogP) is 2.55. The Labute approximate surface area is 159 Å². The van der Waals surface area contributed by atoms with Gasteiger partial charge in [0.15, 0.2) is 0 Å². The summed E-state index contributed by atoms with van der Waals surface area (Å²) in [5, 5.41) is 2.41. The summed E-state index contributed by atoms with van der Waals surface area (Å²) in [5.41, 5.74) is 1.33. The quantitative estimate of drug-likeness (QED) is 0.690. The molecular formula is C19H19N3O4S. The van der Waals surface area contributed by atoms with Crippen molar-refractivity contribution in [2.75, 3.05) is 27.8 Å². The second kappa shape index (κ2) is 6.70. The molecule has 1 saturated heterocycles. The Bertz CT molecular complexity index is 1090. The zero-order chi connectivity index (χ0) is 19.1. The Morgan fingerprint density at radius 1 is 1.19 bits per heavy atom. The van der Waals surface area contributed by atoms with Crippen molar-refractivity contribution >= 4 is 27.5 Å². The van der Waals surface area contributed by atoms with Crippen LogP contribution in [0.5, 0.6) is 11.5 Å². The van der Waals surface area contributed by atoms with Crippen LogP contribution in [-0.4, -0.2) is 48.2 Å². The molecule has 2 aromatic heterocycles. The molecular weight excluding hydrogens is 366 g/mol. The molecule has 0 saturated carbocycles. The molecule has 3 heterocycles. The fourth-order valence-corrected chi connectivity index (χ4v) is 4.35. The van der Waals surface area contributed by atoms with Crippen LogP contribution in [0.1, 0.15) is 12.5 Å². The lowest BCUT2D eigenvalue weighted by atomic mass is 10.0. The lowest BCUT2D eigenvalue weighted by molar-refractivity contribution is -0.129. The number of carbonyl (C=O) groups is 1. The van der Waals surface area contributed by atoms with E-state index in [1.54, 1.807) is 32.2 Å². The van der Waals surface area contributed by atoms with Gasteiger partial charge in [-0.3, -0.25) is 14.2 Å². The number of likely N-dealkylation sites (N-methyl/N-ethyl adjacent to an activating group) is 1. The molecule has 140 valence electrons. The molecule has 1 fully saturated rings. The minimum Gasteiger partial charge on any atom is -0.497 e. The van der Waals surface area contributed by atoms with Crippen molar-refractivity contribution in [1.82, 2.24) is 14.5 Å². The van der Waals surface area contributed by atoms with Gasteiger partial charge in [0.25, 0.3) is 5.56 Å². The summed E-state index contributed by atoms with van der Waals surface area (Å²) in [6.07, 6.45) is 2.09. The lowest BCUT2D eigenvalue weighted by Gasteiger charge is -2.13. The highest BCUT2D eigenvalue weighted by molar-refractivity contribution is 7.17. The number of ether oxygens (including phenoxy) is 2. The minimum atomic E-state index is -0.495. The maximum absolute atomic E-state index is 13.2. The molecule has 3 aromatic rings. The summed E-state index contributed by atoms with van der Waals surface area (Å²) in [7, 11) is 4.92. The van der Waals surface area contributed by atoms with E-state index in [0.717, 1.165) is 11.1 Å². The van der Waals surface area contributed by atoms with Gasteiger partial charge in [0.05, 0.1) is 25.9 Å². The van der Waals surface area contributed by atoms with Crippen molar-refractivity contribution in [2.24, 2.45) is 0 Å². The third kappa shape index (κ3) is 2.76. The number of rotatable bonds is 4. The van der Waals surface area contributed by atoms with Crippen LogP contribution in [0.4, 0.5) is 0 Å². The Morgan fingerprint density at radius 2 is 2.00 bits per heavy atom. The van der Waals surface area contributed by atoms with Crippen LogP contribution < -0.4 is 15.0 Å². The number of fused-ring (bicyclic) bond motifs is 1. The number of methoxy groups -OCH3 is 2. The molecule has 0 aliphatic carbocycles. The fraction of sp³-hybridized carbons (Fsp3) is 0.316. The van der Waals surface area contributed by atoms with E-state index in [-0.39, 0.29) is 11.5 Å². The molecule has 1 amide bonds. The van der Waals surface area contributed by atoms with Crippen LogP contribution >= 0.6 is 11.3 Å². The average molecular weight is 385 g/mol. The number of aromatic nitrogens is 2. The number of nitrogens with zero attached hydrogens (tertiary/aromatic N) is 3. The van der Waals surface area contributed by atoms with Crippen molar-refractivity contribution in [1.29, 1.82) is 0 Å². The highest BCUT2D eigenvalue weighted by Crippen LogP contribution is 2.38. The largest absolute Gasteiger partial charge is 0.497 e. The van der Waals surface area contributed by atoms with Gasteiger partial charge in [0.1, 0.15) is 22.4 Å². The number of amides is 1. The van der Waals surface area contributed by atoms with E-state index < -0.39 is 6.04 Å². The second-order valence-corrected chi connectivity index (χ2v) is 7.28. The Kier molecular flexibility index (Phi) is 4.35. The van der Waals surface area contributed by atoms with Crippen LogP contribution in [0.25, 0.3) is 21.3 Å². The number of hydrogen-bond acceptors (Lipinski definition) is 6. The molecule has 7 nitrogen and oxygen atoms in total. The van der Waals surface area contributed by atoms with E-state index in [0.29, 0.717) is 34.7 Å². The summed E-state index contributed by atoms with van der Waals surface area (Å²) in [6.45, 7) is 0.636. The Hall–Kier alpha value is -2.87. The smallest absolute Gasteiger partial charge is 0.263 e. The maximum atomic E-state index is 13.2. The Morgan fingerprint density at radius 3 is 2.67 bits per heavy atom. The van der Waals surface area contributed by atoms with E-state index in [9.17, 15) is 9.59 Å². The summed E-state index contributed by atoms with van der Waals surface area (Å²) < 4.78 is 12.2.